The highest BCUT2D eigenvalue weighted by molar-refractivity contribution is 7.10. The van der Waals surface area contributed by atoms with E-state index in [0.717, 1.165) is 13.0 Å². The van der Waals surface area contributed by atoms with E-state index in [1.807, 2.05) is 11.3 Å². The molecular formula is C15H25NOS. The van der Waals surface area contributed by atoms with Gasteiger partial charge in [-0.05, 0) is 56.3 Å². The second kappa shape index (κ2) is 6.69. The summed E-state index contributed by atoms with van der Waals surface area (Å²) in [5.41, 5.74) is 1.35. The fraction of sp³-hybridized carbons (Fsp3) is 0.733. The molecule has 1 saturated carbocycles. The maximum atomic E-state index is 10.4. The maximum absolute atomic E-state index is 10.4. The molecule has 1 aromatic rings. The fourth-order valence-electron chi connectivity index (χ4n) is 2.89. The Hall–Kier alpha value is -0.380. The van der Waals surface area contributed by atoms with Crippen molar-refractivity contribution in [3.05, 3.63) is 21.9 Å². The van der Waals surface area contributed by atoms with Crippen LogP contribution in [0.25, 0.3) is 0 Å². The summed E-state index contributed by atoms with van der Waals surface area (Å²) in [4.78, 5) is 3.61. The molecule has 1 aliphatic rings. The van der Waals surface area contributed by atoms with E-state index >= 15 is 0 Å². The van der Waals surface area contributed by atoms with Crippen molar-refractivity contribution in [2.24, 2.45) is 5.92 Å². The lowest BCUT2D eigenvalue weighted by Crippen LogP contribution is -2.25. The van der Waals surface area contributed by atoms with Crippen molar-refractivity contribution >= 4 is 11.3 Å². The second-order valence-electron chi connectivity index (χ2n) is 5.78. The molecule has 102 valence electrons. The Bertz CT molecular complexity index is 355. The van der Waals surface area contributed by atoms with Gasteiger partial charge < -0.3 is 10.0 Å². The van der Waals surface area contributed by atoms with Crippen LogP contribution in [0.15, 0.2) is 11.4 Å². The molecule has 0 aromatic carbocycles. The van der Waals surface area contributed by atoms with Crippen molar-refractivity contribution in [2.75, 3.05) is 14.1 Å². The largest absolute Gasteiger partial charge is 0.392 e. The van der Waals surface area contributed by atoms with Crippen molar-refractivity contribution in [1.82, 2.24) is 4.90 Å². The lowest BCUT2D eigenvalue weighted by molar-refractivity contribution is 0.0849. The minimum absolute atomic E-state index is 0.138. The Morgan fingerprint density at radius 1 is 1.33 bits per heavy atom. The third kappa shape index (κ3) is 3.81. The number of hydrogen-bond acceptors (Lipinski definition) is 3. The highest BCUT2D eigenvalue weighted by Gasteiger charge is 2.22. The summed E-state index contributed by atoms with van der Waals surface area (Å²) < 4.78 is 0. The van der Waals surface area contributed by atoms with Gasteiger partial charge in [0, 0.05) is 11.4 Å². The van der Waals surface area contributed by atoms with Gasteiger partial charge in [-0.3, -0.25) is 0 Å². The van der Waals surface area contributed by atoms with Crippen LogP contribution < -0.4 is 0 Å². The van der Waals surface area contributed by atoms with Gasteiger partial charge in [0.15, 0.2) is 0 Å². The van der Waals surface area contributed by atoms with Crippen molar-refractivity contribution in [1.29, 1.82) is 0 Å². The Morgan fingerprint density at radius 3 is 2.72 bits per heavy atom. The van der Waals surface area contributed by atoms with Crippen molar-refractivity contribution in [2.45, 2.75) is 51.2 Å². The number of hydrogen-bond donors (Lipinski definition) is 1. The summed E-state index contributed by atoms with van der Waals surface area (Å²) in [6, 6.07) is 2.19. The van der Waals surface area contributed by atoms with Gasteiger partial charge in [0.05, 0.1) is 6.10 Å². The van der Waals surface area contributed by atoms with Gasteiger partial charge in [0.25, 0.3) is 0 Å². The smallest absolute Gasteiger partial charge is 0.0609 e. The Kier molecular flexibility index (Phi) is 5.22. The quantitative estimate of drug-likeness (QED) is 0.885. The minimum atomic E-state index is -0.138. The molecule has 0 amide bonds. The third-order valence-electron chi connectivity index (χ3n) is 3.92. The Labute approximate surface area is 115 Å². The number of rotatable bonds is 5. The predicted molar refractivity (Wildman–Crippen MR) is 78.0 cm³/mol. The van der Waals surface area contributed by atoms with Gasteiger partial charge in [-0.2, -0.15) is 0 Å². The summed E-state index contributed by atoms with van der Waals surface area (Å²) in [5, 5.41) is 12.5. The van der Waals surface area contributed by atoms with Crippen LogP contribution in [0.3, 0.4) is 0 Å². The fourth-order valence-corrected chi connectivity index (χ4v) is 3.92. The van der Waals surface area contributed by atoms with Crippen LogP contribution in [0.4, 0.5) is 0 Å². The molecular weight excluding hydrogens is 242 g/mol. The van der Waals surface area contributed by atoms with Crippen LogP contribution >= 0.6 is 11.3 Å². The SMILES string of the molecule is CN(C)Cc1sccc1CC(O)C1CCCCC1. The van der Waals surface area contributed by atoms with E-state index in [9.17, 15) is 5.11 Å². The Morgan fingerprint density at radius 2 is 2.06 bits per heavy atom. The summed E-state index contributed by atoms with van der Waals surface area (Å²) >= 11 is 1.81. The Balaban J connectivity index is 1.93. The summed E-state index contributed by atoms with van der Waals surface area (Å²) in [6.45, 7) is 0.990. The van der Waals surface area contributed by atoms with Gasteiger partial charge in [0.2, 0.25) is 0 Å². The maximum Gasteiger partial charge on any atom is 0.0609 e. The number of aliphatic hydroxyl groups is 1. The molecule has 2 rings (SSSR count). The first-order chi connectivity index (χ1) is 8.66. The van der Waals surface area contributed by atoms with E-state index in [1.165, 1.54) is 42.5 Å². The molecule has 1 aliphatic carbocycles. The van der Waals surface area contributed by atoms with E-state index in [2.05, 4.69) is 30.4 Å². The summed E-state index contributed by atoms with van der Waals surface area (Å²) in [7, 11) is 4.20. The molecule has 0 aliphatic heterocycles. The van der Waals surface area contributed by atoms with E-state index in [0.29, 0.717) is 5.92 Å². The average molecular weight is 267 g/mol. The van der Waals surface area contributed by atoms with E-state index < -0.39 is 0 Å². The molecule has 2 nitrogen and oxygen atoms in total. The topological polar surface area (TPSA) is 23.5 Å². The molecule has 1 atom stereocenters. The van der Waals surface area contributed by atoms with Crippen LogP contribution in [-0.2, 0) is 13.0 Å². The molecule has 0 spiro atoms. The summed E-state index contributed by atoms with van der Waals surface area (Å²) in [6.07, 6.45) is 7.10. The molecule has 1 N–H and O–H groups in total. The highest BCUT2D eigenvalue weighted by Crippen LogP contribution is 2.29. The molecule has 0 radical (unpaired) electrons. The van der Waals surface area contributed by atoms with Crippen LogP contribution in [0.5, 0.6) is 0 Å². The second-order valence-corrected chi connectivity index (χ2v) is 6.78. The van der Waals surface area contributed by atoms with Crippen LogP contribution in [-0.4, -0.2) is 30.2 Å². The lowest BCUT2D eigenvalue weighted by atomic mass is 9.83. The summed E-state index contributed by atoms with van der Waals surface area (Å²) in [5.74, 6) is 0.533. The highest BCUT2D eigenvalue weighted by atomic mass is 32.1. The number of aliphatic hydroxyl groups excluding tert-OH is 1. The monoisotopic (exact) mass is 267 g/mol. The molecule has 18 heavy (non-hydrogen) atoms. The zero-order valence-corrected chi connectivity index (χ0v) is 12.4. The molecule has 0 saturated heterocycles. The molecule has 1 aromatic heterocycles. The van der Waals surface area contributed by atoms with E-state index in [4.69, 9.17) is 0 Å². The standard InChI is InChI=1S/C15H25NOS/c1-16(2)11-15-13(8-9-18-15)10-14(17)12-6-4-3-5-7-12/h8-9,12,14,17H,3-7,10-11H2,1-2H3. The third-order valence-corrected chi connectivity index (χ3v) is 4.87. The molecule has 1 unspecified atom stereocenters. The predicted octanol–water partition coefficient (Wildman–Crippen LogP) is 3.29. The van der Waals surface area contributed by atoms with Gasteiger partial charge in [0.1, 0.15) is 0 Å². The van der Waals surface area contributed by atoms with E-state index in [-0.39, 0.29) is 6.10 Å². The van der Waals surface area contributed by atoms with Gasteiger partial charge in [-0.1, -0.05) is 19.3 Å². The zero-order valence-electron chi connectivity index (χ0n) is 11.6. The molecule has 1 heterocycles. The number of nitrogens with zero attached hydrogens (tertiary/aromatic N) is 1. The first-order valence-electron chi connectivity index (χ1n) is 7.05. The van der Waals surface area contributed by atoms with Crippen molar-refractivity contribution < 1.29 is 5.11 Å². The number of thiophene rings is 1. The van der Waals surface area contributed by atoms with Gasteiger partial charge >= 0.3 is 0 Å². The first kappa shape index (κ1) is 14.0. The first-order valence-corrected chi connectivity index (χ1v) is 7.93. The molecule has 3 heteroatoms. The van der Waals surface area contributed by atoms with Crippen molar-refractivity contribution in [3.63, 3.8) is 0 Å². The van der Waals surface area contributed by atoms with E-state index in [1.54, 1.807) is 0 Å². The van der Waals surface area contributed by atoms with Crippen molar-refractivity contribution in [3.8, 4) is 0 Å². The van der Waals surface area contributed by atoms with Gasteiger partial charge in [-0.15, -0.1) is 11.3 Å². The van der Waals surface area contributed by atoms with Gasteiger partial charge in [-0.25, -0.2) is 0 Å². The molecule has 1 fully saturated rings. The molecule has 0 bridgehead atoms. The van der Waals surface area contributed by atoms with Crippen LogP contribution in [0, 0.1) is 5.92 Å². The normalized spacial score (nSPS) is 19.3. The van der Waals surface area contributed by atoms with Crippen LogP contribution in [0.2, 0.25) is 0 Å². The van der Waals surface area contributed by atoms with Crippen LogP contribution in [0.1, 0.15) is 42.5 Å². The lowest BCUT2D eigenvalue weighted by Gasteiger charge is -2.26. The zero-order chi connectivity index (χ0) is 13.0. The minimum Gasteiger partial charge on any atom is -0.392 e. The average Bonchev–Trinajstić information content (AvgIpc) is 2.77.